The standard InChI is InChI=1S/C19H21NO/c21-13-18-16-11-20(12-17(16)18)19(14-7-3-1-4-8-14)15-9-5-2-6-10-15/h1-10,16-19,21H,11-13H2. The van der Waals surface area contributed by atoms with Gasteiger partial charge >= 0.3 is 0 Å². The molecule has 1 saturated carbocycles. The predicted octanol–water partition coefficient (Wildman–Crippen LogP) is 2.95. The lowest BCUT2D eigenvalue weighted by Gasteiger charge is -2.30. The van der Waals surface area contributed by atoms with Gasteiger partial charge in [0.2, 0.25) is 0 Å². The smallest absolute Gasteiger partial charge is 0.0602 e. The van der Waals surface area contributed by atoms with Crippen LogP contribution < -0.4 is 0 Å². The molecular formula is C19H21NO. The van der Waals surface area contributed by atoms with Crippen LogP contribution in [0.3, 0.4) is 0 Å². The van der Waals surface area contributed by atoms with E-state index in [2.05, 4.69) is 65.6 Å². The van der Waals surface area contributed by atoms with Crippen LogP contribution in [0.25, 0.3) is 0 Å². The molecule has 1 N–H and O–H groups in total. The zero-order chi connectivity index (χ0) is 14.2. The van der Waals surface area contributed by atoms with Gasteiger partial charge in [-0.1, -0.05) is 60.7 Å². The number of fused-ring (bicyclic) bond motifs is 1. The fraction of sp³-hybridized carbons (Fsp3) is 0.368. The van der Waals surface area contributed by atoms with Gasteiger partial charge in [-0.05, 0) is 28.9 Å². The zero-order valence-corrected chi connectivity index (χ0v) is 12.1. The van der Waals surface area contributed by atoms with Crippen molar-refractivity contribution in [2.75, 3.05) is 19.7 Å². The van der Waals surface area contributed by atoms with Gasteiger partial charge in [0.1, 0.15) is 0 Å². The number of hydrogen-bond donors (Lipinski definition) is 1. The minimum Gasteiger partial charge on any atom is -0.396 e. The number of likely N-dealkylation sites (tertiary alicyclic amines) is 1. The zero-order valence-electron chi connectivity index (χ0n) is 12.1. The molecule has 2 nitrogen and oxygen atoms in total. The van der Waals surface area contributed by atoms with Gasteiger partial charge in [-0.3, -0.25) is 4.90 Å². The monoisotopic (exact) mass is 279 g/mol. The minimum atomic E-state index is 0.347. The van der Waals surface area contributed by atoms with Gasteiger partial charge in [0, 0.05) is 19.7 Å². The summed E-state index contributed by atoms with van der Waals surface area (Å²) in [5, 5.41) is 9.35. The molecule has 0 bridgehead atoms. The van der Waals surface area contributed by atoms with Crippen LogP contribution in [0.4, 0.5) is 0 Å². The van der Waals surface area contributed by atoms with Crippen LogP contribution in [0.15, 0.2) is 60.7 Å². The number of nitrogens with zero attached hydrogens (tertiary/aromatic N) is 1. The molecule has 1 aliphatic carbocycles. The van der Waals surface area contributed by atoms with Crippen molar-refractivity contribution in [2.45, 2.75) is 6.04 Å². The molecule has 4 rings (SSSR count). The van der Waals surface area contributed by atoms with Crippen molar-refractivity contribution in [1.29, 1.82) is 0 Å². The van der Waals surface area contributed by atoms with Crippen LogP contribution in [0, 0.1) is 17.8 Å². The SMILES string of the molecule is OCC1C2CN(C(c3ccccc3)c3ccccc3)CC12. The van der Waals surface area contributed by atoms with E-state index >= 15 is 0 Å². The summed E-state index contributed by atoms with van der Waals surface area (Å²) in [5.74, 6) is 1.99. The molecule has 2 atom stereocenters. The molecule has 21 heavy (non-hydrogen) atoms. The normalized spacial score (nSPS) is 27.8. The minimum absolute atomic E-state index is 0.347. The largest absolute Gasteiger partial charge is 0.396 e. The van der Waals surface area contributed by atoms with E-state index in [1.165, 1.54) is 11.1 Å². The van der Waals surface area contributed by atoms with E-state index in [9.17, 15) is 5.11 Å². The van der Waals surface area contributed by atoms with Crippen molar-refractivity contribution in [1.82, 2.24) is 4.90 Å². The maximum absolute atomic E-state index is 9.35. The van der Waals surface area contributed by atoms with Crippen LogP contribution in [0.1, 0.15) is 17.2 Å². The Bertz CT molecular complexity index is 546. The highest BCUT2D eigenvalue weighted by Gasteiger charge is 2.56. The summed E-state index contributed by atoms with van der Waals surface area (Å²) in [6.45, 7) is 2.60. The van der Waals surface area contributed by atoms with Crippen LogP contribution in [0.5, 0.6) is 0 Å². The Morgan fingerprint density at radius 1 is 0.857 bits per heavy atom. The number of rotatable bonds is 4. The summed E-state index contributed by atoms with van der Waals surface area (Å²) in [4.78, 5) is 2.59. The molecular weight excluding hydrogens is 258 g/mol. The Labute approximate surface area is 126 Å². The van der Waals surface area contributed by atoms with Crippen LogP contribution in [-0.2, 0) is 0 Å². The first-order valence-electron chi connectivity index (χ1n) is 7.83. The van der Waals surface area contributed by atoms with Crippen molar-refractivity contribution in [3.8, 4) is 0 Å². The fourth-order valence-electron chi connectivity index (χ4n) is 4.05. The van der Waals surface area contributed by atoms with Crippen molar-refractivity contribution in [3.05, 3.63) is 71.8 Å². The average Bonchev–Trinajstić information content (AvgIpc) is 3.02. The maximum Gasteiger partial charge on any atom is 0.0602 e. The molecule has 0 aromatic heterocycles. The highest BCUT2D eigenvalue weighted by atomic mass is 16.3. The van der Waals surface area contributed by atoms with E-state index in [4.69, 9.17) is 0 Å². The van der Waals surface area contributed by atoms with E-state index in [-0.39, 0.29) is 0 Å². The van der Waals surface area contributed by atoms with Crippen molar-refractivity contribution in [3.63, 3.8) is 0 Å². The first-order valence-corrected chi connectivity index (χ1v) is 7.83. The molecule has 2 heteroatoms. The van der Waals surface area contributed by atoms with Gasteiger partial charge in [0.25, 0.3) is 0 Å². The fourth-order valence-corrected chi connectivity index (χ4v) is 4.05. The number of piperidine rings is 1. The van der Waals surface area contributed by atoms with Crippen LogP contribution in [-0.4, -0.2) is 29.7 Å². The summed E-state index contributed by atoms with van der Waals surface area (Å²) in [6, 6.07) is 21.9. The summed E-state index contributed by atoms with van der Waals surface area (Å²) in [7, 11) is 0. The van der Waals surface area contributed by atoms with E-state index in [0.29, 0.717) is 30.4 Å². The Kier molecular flexibility index (Phi) is 3.28. The molecule has 2 unspecified atom stereocenters. The second-order valence-electron chi connectivity index (χ2n) is 6.35. The highest BCUT2D eigenvalue weighted by molar-refractivity contribution is 5.32. The Hall–Kier alpha value is -1.64. The van der Waals surface area contributed by atoms with Crippen molar-refractivity contribution >= 4 is 0 Å². The number of aliphatic hydroxyl groups is 1. The van der Waals surface area contributed by atoms with E-state index in [0.717, 1.165) is 13.1 Å². The maximum atomic E-state index is 9.35. The van der Waals surface area contributed by atoms with E-state index in [1.54, 1.807) is 0 Å². The average molecular weight is 279 g/mol. The molecule has 0 spiro atoms. The molecule has 2 fully saturated rings. The predicted molar refractivity (Wildman–Crippen MR) is 83.9 cm³/mol. The lowest BCUT2D eigenvalue weighted by Crippen LogP contribution is -2.30. The Morgan fingerprint density at radius 3 is 1.76 bits per heavy atom. The topological polar surface area (TPSA) is 23.5 Å². The second kappa shape index (κ2) is 5.28. The number of aliphatic hydroxyl groups excluding tert-OH is 1. The van der Waals surface area contributed by atoms with Crippen LogP contribution in [0.2, 0.25) is 0 Å². The van der Waals surface area contributed by atoms with Crippen molar-refractivity contribution < 1.29 is 5.11 Å². The molecule has 1 aliphatic heterocycles. The molecule has 108 valence electrons. The summed E-state index contributed by atoms with van der Waals surface area (Å²) in [5.41, 5.74) is 2.73. The number of benzene rings is 2. The summed E-state index contributed by atoms with van der Waals surface area (Å²) in [6.07, 6.45) is 0. The highest BCUT2D eigenvalue weighted by Crippen LogP contribution is 2.53. The number of hydrogen-bond acceptors (Lipinski definition) is 2. The lowest BCUT2D eigenvalue weighted by atomic mass is 9.97. The molecule has 2 aliphatic rings. The third kappa shape index (κ3) is 2.29. The lowest BCUT2D eigenvalue weighted by molar-refractivity contribution is 0.199. The molecule has 1 saturated heterocycles. The van der Waals surface area contributed by atoms with Gasteiger partial charge in [0.15, 0.2) is 0 Å². The molecule has 2 aromatic rings. The van der Waals surface area contributed by atoms with E-state index < -0.39 is 0 Å². The quantitative estimate of drug-likeness (QED) is 0.930. The molecule has 1 heterocycles. The molecule has 0 radical (unpaired) electrons. The first-order chi connectivity index (χ1) is 10.4. The first kappa shape index (κ1) is 13.1. The van der Waals surface area contributed by atoms with Gasteiger partial charge in [-0.15, -0.1) is 0 Å². The molecule has 0 amide bonds. The second-order valence-corrected chi connectivity index (χ2v) is 6.35. The molecule has 2 aromatic carbocycles. The van der Waals surface area contributed by atoms with Gasteiger partial charge in [-0.2, -0.15) is 0 Å². The van der Waals surface area contributed by atoms with Gasteiger partial charge < -0.3 is 5.11 Å². The Morgan fingerprint density at radius 2 is 1.33 bits per heavy atom. The summed E-state index contributed by atoms with van der Waals surface area (Å²) >= 11 is 0. The van der Waals surface area contributed by atoms with Gasteiger partial charge in [0.05, 0.1) is 6.04 Å². The van der Waals surface area contributed by atoms with Crippen molar-refractivity contribution in [2.24, 2.45) is 17.8 Å². The summed E-state index contributed by atoms with van der Waals surface area (Å²) < 4.78 is 0. The van der Waals surface area contributed by atoms with Crippen LogP contribution >= 0.6 is 0 Å². The third-order valence-electron chi connectivity index (χ3n) is 5.21. The third-order valence-corrected chi connectivity index (χ3v) is 5.21. The van der Waals surface area contributed by atoms with E-state index in [1.807, 2.05) is 0 Å². The van der Waals surface area contributed by atoms with Gasteiger partial charge in [-0.25, -0.2) is 0 Å². The Balaban J connectivity index is 1.63.